The molecule has 0 atom stereocenters. The summed E-state index contributed by atoms with van der Waals surface area (Å²) >= 11 is 1.49. The van der Waals surface area contributed by atoms with E-state index in [0.29, 0.717) is 5.56 Å². The third-order valence-electron chi connectivity index (χ3n) is 2.32. The Hall–Kier alpha value is -1.68. The highest BCUT2D eigenvalue weighted by Gasteiger charge is 2.13. The lowest BCUT2D eigenvalue weighted by molar-refractivity contribution is 0.103. The Morgan fingerprint density at radius 2 is 2.06 bits per heavy atom. The summed E-state index contributed by atoms with van der Waals surface area (Å²) in [5, 5.41) is 0. The van der Waals surface area contributed by atoms with Crippen molar-refractivity contribution in [2.75, 3.05) is 6.26 Å². The van der Waals surface area contributed by atoms with Crippen LogP contribution in [0.25, 0.3) is 0 Å². The van der Waals surface area contributed by atoms with Crippen LogP contribution in [0.5, 0.6) is 0 Å². The van der Waals surface area contributed by atoms with Gasteiger partial charge in [0.1, 0.15) is 5.82 Å². The molecule has 2 rings (SSSR count). The highest BCUT2D eigenvalue weighted by Crippen LogP contribution is 2.22. The Kier molecular flexibility index (Phi) is 3.54. The van der Waals surface area contributed by atoms with E-state index in [2.05, 4.69) is 4.98 Å². The van der Waals surface area contributed by atoms with Gasteiger partial charge in [-0.25, -0.2) is 4.39 Å². The summed E-state index contributed by atoms with van der Waals surface area (Å²) in [6, 6.07) is 8.46. The molecular weight excluding hydrogens is 237 g/mol. The molecule has 0 saturated carbocycles. The average Bonchev–Trinajstić information content (AvgIpc) is 2.38. The van der Waals surface area contributed by atoms with Crippen LogP contribution in [0.3, 0.4) is 0 Å². The van der Waals surface area contributed by atoms with Crippen LogP contribution < -0.4 is 0 Å². The van der Waals surface area contributed by atoms with E-state index in [4.69, 9.17) is 0 Å². The summed E-state index contributed by atoms with van der Waals surface area (Å²) in [6.45, 7) is 0. The zero-order valence-corrected chi connectivity index (χ0v) is 10.00. The Morgan fingerprint density at radius 3 is 2.76 bits per heavy atom. The zero-order valence-electron chi connectivity index (χ0n) is 9.18. The van der Waals surface area contributed by atoms with E-state index >= 15 is 0 Å². The first-order valence-electron chi connectivity index (χ1n) is 5.00. The number of hydrogen-bond acceptors (Lipinski definition) is 3. The van der Waals surface area contributed by atoms with Crippen molar-refractivity contribution in [1.29, 1.82) is 0 Å². The van der Waals surface area contributed by atoms with Crippen LogP contribution in [-0.2, 0) is 0 Å². The van der Waals surface area contributed by atoms with Gasteiger partial charge in [-0.15, -0.1) is 11.8 Å². The summed E-state index contributed by atoms with van der Waals surface area (Å²) in [4.78, 5) is 16.7. The molecule has 0 aliphatic carbocycles. The van der Waals surface area contributed by atoms with Crippen molar-refractivity contribution in [1.82, 2.24) is 4.98 Å². The van der Waals surface area contributed by atoms with Gasteiger partial charge in [-0.2, -0.15) is 0 Å². The zero-order chi connectivity index (χ0) is 12.3. The maximum atomic E-state index is 13.0. The standard InChI is InChI=1S/C13H10FNOS/c1-17-12-5-3-2-4-11(12)13(16)9-6-10(14)8-15-7-9/h2-8H,1H3. The van der Waals surface area contributed by atoms with Gasteiger partial charge in [0.05, 0.1) is 6.20 Å². The first-order valence-corrected chi connectivity index (χ1v) is 6.23. The second-order valence-corrected chi connectivity index (χ2v) is 4.27. The van der Waals surface area contributed by atoms with Crippen LogP contribution in [-0.4, -0.2) is 17.0 Å². The molecule has 0 amide bonds. The summed E-state index contributed by atoms with van der Waals surface area (Å²) in [6.07, 6.45) is 4.36. The molecule has 86 valence electrons. The van der Waals surface area contributed by atoms with Crippen LogP contribution in [0.1, 0.15) is 15.9 Å². The third-order valence-corrected chi connectivity index (χ3v) is 3.11. The Labute approximate surface area is 103 Å². The predicted molar refractivity (Wildman–Crippen MR) is 65.9 cm³/mol. The van der Waals surface area contributed by atoms with E-state index in [-0.39, 0.29) is 11.3 Å². The number of thioether (sulfide) groups is 1. The van der Waals surface area contributed by atoms with Crippen molar-refractivity contribution in [2.24, 2.45) is 0 Å². The predicted octanol–water partition coefficient (Wildman–Crippen LogP) is 3.17. The highest BCUT2D eigenvalue weighted by atomic mass is 32.2. The van der Waals surface area contributed by atoms with Crippen molar-refractivity contribution in [3.05, 3.63) is 59.7 Å². The largest absolute Gasteiger partial charge is 0.289 e. The molecule has 0 unspecified atom stereocenters. The van der Waals surface area contributed by atoms with Crippen molar-refractivity contribution >= 4 is 17.5 Å². The van der Waals surface area contributed by atoms with Crippen LogP contribution in [0.15, 0.2) is 47.6 Å². The second-order valence-electron chi connectivity index (χ2n) is 3.42. The maximum absolute atomic E-state index is 13.0. The molecule has 0 bridgehead atoms. The number of aromatic nitrogens is 1. The number of pyridine rings is 1. The fourth-order valence-corrected chi connectivity index (χ4v) is 2.12. The smallest absolute Gasteiger partial charge is 0.195 e. The Bertz CT molecular complexity index is 557. The third kappa shape index (κ3) is 2.53. The van der Waals surface area contributed by atoms with Crippen molar-refractivity contribution < 1.29 is 9.18 Å². The molecule has 4 heteroatoms. The monoisotopic (exact) mass is 247 g/mol. The van der Waals surface area contributed by atoms with Gasteiger partial charge in [-0.3, -0.25) is 9.78 Å². The van der Waals surface area contributed by atoms with Gasteiger partial charge in [-0.1, -0.05) is 12.1 Å². The SMILES string of the molecule is CSc1ccccc1C(=O)c1cncc(F)c1. The fraction of sp³-hybridized carbons (Fsp3) is 0.0769. The summed E-state index contributed by atoms with van der Waals surface area (Å²) in [5.41, 5.74) is 0.846. The molecular formula is C13H10FNOS. The molecule has 0 N–H and O–H groups in total. The molecule has 2 aromatic rings. The van der Waals surface area contributed by atoms with Crippen LogP contribution >= 0.6 is 11.8 Å². The van der Waals surface area contributed by atoms with E-state index in [1.807, 2.05) is 18.4 Å². The van der Waals surface area contributed by atoms with Gasteiger partial charge >= 0.3 is 0 Å². The molecule has 1 aromatic carbocycles. The van der Waals surface area contributed by atoms with E-state index in [0.717, 1.165) is 11.1 Å². The molecule has 0 saturated heterocycles. The topological polar surface area (TPSA) is 30.0 Å². The van der Waals surface area contributed by atoms with Gasteiger partial charge in [0.25, 0.3) is 0 Å². The van der Waals surface area contributed by atoms with Crippen molar-refractivity contribution in [2.45, 2.75) is 4.90 Å². The first kappa shape index (κ1) is 11.8. The number of hydrogen-bond donors (Lipinski definition) is 0. The number of carbonyl (C=O) groups is 1. The molecule has 1 aromatic heterocycles. The molecule has 0 aliphatic heterocycles. The van der Waals surface area contributed by atoms with Crippen LogP contribution in [0.2, 0.25) is 0 Å². The highest BCUT2D eigenvalue weighted by molar-refractivity contribution is 7.98. The Balaban J connectivity index is 2.44. The van der Waals surface area contributed by atoms with Gasteiger partial charge < -0.3 is 0 Å². The molecule has 1 heterocycles. The minimum Gasteiger partial charge on any atom is -0.289 e. The van der Waals surface area contributed by atoms with Crippen molar-refractivity contribution in [3.8, 4) is 0 Å². The first-order chi connectivity index (χ1) is 8.22. The average molecular weight is 247 g/mol. The maximum Gasteiger partial charge on any atom is 0.195 e. The number of rotatable bonds is 3. The minimum absolute atomic E-state index is 0.207. The van der Waals surface area contributed by atoms with E-state index in [1.165, 1.54) is 24.0 Å². The molecule has 17 heavy (non-hydrogen) atoms. The molecule has 0 aliphatic rings. The molecule has 2 nitrogen and oxygen atoms in total. The van der Waals surface area contributed by atoms with E-state index in [1.54, 1.807) is 12.1 Å². The van der Waals surface area contributed by atoms with Crippen molar-refractivity contribution in [3.63, 3.8) is 0 Å². The molecule has 0 spiro atoms. The Morgan fingerprint density at radius 1 is 1.29 bits per heavy atom. The normalized spacial score (nSPS) is 10.2. The molecule has 0 fully saturated rings. The van der Waals surface area contributed by atoms with Gasteiger partial charge in [0.15, 0.2) is 5.78 Å². The fourth-order valence-electron chi connectivity index (χ4n) is 1.52. The lowest BCUT2D eigenvalue weighted by Crippen LogP contribution is -2.04. The lowest BCUT2D eigenvalue weighted by atomic mass is 10.1. The second kappa shape index (κ2) is 5.10. The number of ketones is 1. The number of halogens is 1. The summed E-state index contributed by atoms with van der Waals surface area (Å²) in [5.74, 6) is -0.709. The number of nitrogens with zero attached hydrogens (tertiary/aromatic N) is 1. The summed E-state index contributed by atoms with van der Waals surface area (Å²) in [7, 11) is 0. The molecule has 0 radical (unpaired) electrons. The van der Waals surface area contributed by atoms with Gasteiger partial charge in [-0.05, 0) is 24.5 Å². The number of carbonyl (C=O) groups excluding carboxylic acids is 1. The van der Waals surface area contributed by atoms with Crippen LogP contribution in [0, 0.1) is 5.82 Å². The van der Waals surface area contributed by atoms with Crippen LogP contribution in [0.4, 0.5) is 4.39 Å². The van der Waals surface area contributed by atoms with Gasteiger partial charge in [0.2, 0.25) is 0 Å². The van der Waals surface area contributed by atoms with E-state index < -0.39 is 5.82 Å². The number of benzene rings is 1. The van der Waals surface area contributed by atoms with E-state index in [9.17, 15) is 9.18 Å². The van der Waals surface area contributed by atoms with Gasteiger partial charge in [0, 0.05) is 22.2 Å². The minimum atomic E-state index is -0.502. The lowest BCUT2D eigenvalue weighted by Gasteiger charge is -2.05. The summed E-state index contributed by atoms with van der Waals surface area (Å²) < 4.78 is 13.0. The quantitative estimate of drug-likeness (QED) is 0.616.